The van der Waals surface area contributed by atoms with Gasteiger partial charge in [0.15, 0.2) is 0 Å². The first-order chi connectivity index (χ1) is 12.2. The number of nitrogens with zero attached hydrogens (tertiary/aromatic N) is 2. The first kappa shape index (κ1) is 18.8. The molecule has 0 unspecified atom stereocenters. The molecule has 0 saturated heterocycles. The summed E-state index contributed by atoms with van der Waals surface area (Å²) in [5.41, 5.74) is 0.106. The van der Waals surface area contributed by atoms with Crippen LogP contribution in [-0.4, -0.2) is 22.9 Å². The monoisotopic (exact) mass is 359 g/mol. The van der Waals surface area contributed by atoms with Crippen LogP contribution in [0.5, 0.6) is 5.75 Å². The Kier molecular flexibility index (Phi) is 5.51. The van der Waals surface area contributed by atoms with Crippen LogP contribution in [0.25, 0.3) is 0 Å². The smallest absolute Gasteiger partial charge is 0.320 e. The summed E-state index contributed by atoms with van der Waals surface area (Å²) in [6.45, 7) is 4.04. The molecule has 0 aliphatic carbocycles. The lowest BCUT2D eigenvalue weighted by Gasteiger charge is -2.09. The van der Waals surface area contributed by atoms with Crippen LogP contribution >= 0.6 is 0 Å². The van der Waals surface area contributed by atoms with Gasteiger partial charge < -0.3 is 10.1 Å². The van der Waals surface area contributed by atoms with Crippen molar-refractivity contribution in [3.8, 4) is 5.75 Å². The number of hydrogen-bond acceptors (Lipinski definition) is 6. The summed E-state index contributed by atoms with van der Waals surface area (Å²) in [4.78, 5) is 33.0. The van der Waals surface area contributed by atoms with E-state index in [0.717, 1.165) is 24.8 Å². The molecule has 2 rings (SSSR count). The van der Waals surface area contributed by atoms with E-state index >= 15 is 0 Å². The number of carbonyl (C=O) groups is 1. The predicted octanol–water partition coefficient (Wildman–Crippen LogP) is 3.89. The molecule has 0 saturated carbocycles. The van der Waals surface area contributed by atoms with Crippen LogP contribution < -0.4 is 10.1 Å². The zero-order valence-electron chi connectivity index (χ0n) is 14.4. The molecule has 0 aliphatic heterocycles. The minimum atomic E-state index is -0.807. The number of nitro groups is 2. The first-order valence-corrected chi connectivity index (χ1v) is 7.66. The zero-order chi connectivity index (χ0) is 19.4. The SMILES string of the molecule is COc1c([N+](=O)[O-])cc(NC(=O)c2ccc(C(C)C)cc2)cc1[N+](=O)[O-]. The van der Waals surface area contributed by atoms with Gasteiger partial charge in [0.05, 0.1) is 22.6 Å². The number of benzene rings is 2. The lowest BCUT2D eigenvalue weighted by atomic mass is 10.0. The van der Waals surface area contributed by atoms with Gasteiger partial charge in [-0.15, -0.1) is 0 Å². The van der Waals surface area contributed by atoms with Gasteiger partial charge in [-0.3, -0.25) is 25.0 Å². The van der Waals surface area contributed by atoms with Crippen molar-refractivity contribution >= 4 is 23.0 Å². The predicted molar refractivity (Wildman–Crippen MR) is 94.8 cm³/mol. The van der Waals surface area contributed by atoms with E-state index in [9.17, 15) is 25.0 Å². The maximum Gasteiger partial charge on any atom is 0.320 e. The normalized spacial score (nSPS) is 10.5. The minimum absolute atomic E-state index is 0.0675. The van der Waals surface area contributed by atoms with Crippen LogP contribution in [0.15, 0.2) is 36.4 Å². The fourth-order valence-corrected chi connectivity index (χ4v) is 2.37. The van der Waals surface area contributed by atoms with E-state index in [2.05, 4.69) is 5.32 Å². The molecular weight excluding hydrogens is 342 g/mol. The maximum absolute atomic E-state index is 12.3. The van der Waals surface area contributed by atoms with Gasteiger partial charge in [-0.05, 0) is 23.6 Å². The average molecular weight is 359 g/mol. The summed E-state index contributed by atoms with van der Waals surface area (Å²) < 4.78 is 4.78. The molecule has 9 heteroatoms. The topological polar surface area (TPSA) is 125 Å². The molecule has 26 heavy (non-hydrogen) atoms. The molecule has 0 spiro atoms. The van der Waals surface area contributed by atoms with Gasteiger partial charge in [0.25, 0.3) is 11.7 Å². The quantitative estimate of drug-likeness (QED) is 0.616. The summed E-state index contributed by atoms with van der Waals surface area (Å²) in [6.07, 6.45) is 0. The molecule has 2 aromatic carbocycles. The van der Waals surface area contributed by atoms with Crippen LogP contribution in [0.3, 0.4) is 0 Å². The van der Waals surface area contributed by atoms with Gasteiger partial charge >= 0.3 is 11.4 Å². The second-order valence-corrected chi connectivity index (χ2v) is 5.79. The molecule has 0 aromatic heterocycles. The highest BCUT2D eigenvalue weighted by molar-refractivity contribution is 6.04. The number of nitrogens with one attached hydrogen (secondary N) is 1. The fourth-order valence-electron chi connectivity index (χ4n) is 2.37. The number of nitro benzene ring substituents is 2. The zero-order valence-corrected chi connectivity index (χ0v) is 14.4. The van der Waals surface area contributed by atoms with E-state index in [-0.39, 0.29) is 5.69 Å². The Hall–Kier alpha value is -3.49. The Morgan fingerprint density at radius 1 is 1.04 bits per heavy atom. The van der Waals surface area contributed by atoms with Crippen LogP contribution in [0.1, 0.15) is 35.7 Å². The maximum atomic E-state index is 12.3. The van der Waals surface area contributed by atoms with Crippen molar-refractivity contribution in [2.75, 3.05) is 12.4 Å². The molecule has 9 nitrogen and oxygen atoms in total. The molecule has 0 bridgehead atoms. The Balaban J connectivity index is 2.37. The second kappa shape index (κ2) is 7.60. The molecule has 1 amide bonds. The summed E-state index contributed by atoms with van der Waals surface area (Å²) >= 11 is 0. The Labute approximate surface area is 148 Å². The Morgan fingerprint density at radius 2 is 1.54 bits per heavy atom. The molecule has 0 aliphatic rings. The summed E-state index contributed by atoms with van der Waals surface area (Å²) in [5.74, 6) is -0.702. The van der Waals surface area contributed by atoms with Gasteiger partial charge in [-0.25, -0.2) is 0 Å². The Morgan fingerprint density at radius 3 is 1.92 bits per heavy atom. The number of ether oxygens (including phenoxy) is 1. The third-order valence-electron chi connectivity index (χ3n) is 3.74. The molecule has 0 fully saturated rings. The number of hydrogen-bond donors (Lipinski definition) is 1. The number of rotatable bonds is 6. The second-order valence-electron chi connectivity index (χ2n) is 5.79. The number of methoxy groups -OCH3 is 1. The summed E-state index contributed by atoms with van der Waals surface area (Å²) in [7, 11) is 1.10. The summed E-state index contributed by atoms with van der Waals surface area (Å²) in [5, 5.41) is 24.8. The molecule has 0 radical (unpaired) electrons. The van der Waals surface area contributed by atoms with Gasteiger partial charge in [0, 0.05) is 17.7 Å². The van der Waals surface area contributed by atoms with E-state index in [1.54, 1.807) is 24.3 Å². The van der Waals surface area contributed by atoms with Gasteiger partial charge in [0.1, 0.15) is 0 Å². The highest BCUT2D eigenvalue weighted by Gasteiger charge is 2.28. The average Bonchev–Trinajstić information content (AvgIpc) is 2.60. The van der Waals surface area contributed by atoms with E-state index in [4.69, 9.17) is 4.74 Å². The fraction of sp³-hybridized carbons (Fsp3) is 0.235. The van der Waals surface area contributed by atoms with E-state index in [0.29, 0.717) is 11.5 Å². The summed E-state index contributed by atoms with van der Waals surface area (Å²) in [6, 6.07) is 8.89. The van der Waals surface area contributed by atoms with Gasteiger partial charge in [-0.2, -0.15) is 0 Å². The standard InChI is InChI=1S/C17H17N3O6/c1-10(2)11-4-6-12(7-5-11)17(21)18-13-8-14(19(22)23)16(26-3)15(9-13)20(24)25/h4-10H,1-3H3,(H,18,21). The van der Waals surface area contributed by atoms with E-state index < -0.39 is 32.9 Å². The van der Waals surface area contributed by atoms with Crippen molar-refractivity contribution in [3.05, 3.63) is 67.8 Å². The van der Waals surface area contributed by atoms with Crippen molar-refractivity contribution in [2.45, 2.75) is 19.8 Å². The highest BCUT2D eigenvalue weighted by atomic mass is 16.6. The van der Waals surface area contributed by atoms with Crippen molar-refractivity contribution < 1.29 is 19.4 Å². The van der Waals surface area contributed by atoms with Crippen molar-refractivity contribution in [3.63, 3.8) is 0 Å². The number of anilines is 1. The van der Waals surface area contributed by atoms with Crippen molar-refractivity contribution in [1.82, 2.24) is 0 Å². The van der Waals surface area contributed by atoms with E-state index in [1.165, 1.54) is 0 Å². The Bertz CT molecular complexity index is 826. The van der Waals surface area contributed by atoms with Crippen molar-refractivity contribution in [2.24, 2.45) is 0 Å². The lowest BCUT2D eigenvalue weighted by molar-refractivity contribution is -0.395. The highest BCUT2D eigenvalue weighted by Crippen LogP contribution is 2.39. The molecule has 0 atom stereocenters. The van der Waals surface area contributed by atoms with Crippen LogP contribution in [0.4, 0.5) is 17.1 Å². The molecule has 136 valence electrons. The van der Waals surface area contributed by atoms with Crippen LogP contribution in [0.2, 0.25) is 0 Å². The number of amides is 1. The van der Waals surface area contributed by atoms with Gasteiger partial charge in [0.2, 0.25) is 0 Å². The van der Waals surface area contributed by atoms with Crippen LogP contribution in [-0.2, 0) is 0 Å². The first-order valence-electron chi connectivity index (χ1n) is 7.66. The van der Waals surface area contributed by atoms with Gasteiger partial charge in [-0.1, -0.05) is 26.0 Å². The third kappa shape index (κ3) is 3.94. The largest absolute Gasteiger partial charge is 0.485 e. The molecular formula is C17H17N3O6. The molecule has 2 aromatic rings. The van der Waals surface area contributed by atoms with Crippen molar-refractivity contribution in [1.29, 1.82) is 0 Å². The number of carbonyl (C=O) groups excluding carboxylic acids is 1. The third-order valence-corrected chi connectivity index (χ3v) is 3.74. The van der Waals surface area contributed by atoms with E-state index in [1.807, 2.05) is 13.8 Å². The molecule has 1 N–H and O–H groups in total. The lowest BCUT2D eigenvalue weighted by Crippen LogP contribution is -2.12. The molecule has 0 heterocycles. The minimum Gasteiger partial charge on any atom is -0.485 e. The van der Waals surface area contributed by atoms with Crippen LogP contribution in [0, 0.1) is 20.2 Å².